The fourth-order valence-corrected chi connectivity index (χ4v) is 3.75. The van der Waals surface area contributed by atoms with E-state index < -0.39 is 0 Å². The van der Waals surface area contributed by atoms with Crippen LogP contribution in [-0.2, 0) is 0 Å². The lowest BCUT2D eigenvalue weighted by molar-refractivity contribution is 0.164. The standard InChI is InChI=1S/C14H28N4/c1-4-15-5-2-13(1)11-17-8-3-14(12-17)18-9-6-16-7-10-18/h13-16H,1-12H2. The van der Waals surface area contributed by atoms with Crippen LogP contribution in [0.4, 0.5) is 0 Å². The Balaban J connectivity index is 1.42. The molecule has 0 bridgehead atoms. The highest BCUT2D eigenvalue weighted by atomic mass is 15.3. The van der Waals surface area contributed by atoms with Gasteiger partial charge in [0.1, 0.15) is 0 Å². The minimum atomic E-state index is 0.841. The van der Waals surface area contributed by atoms with E-state index in [4.69, 9.17) is 0 Å². The molecule has 104 valence electrons. The number of nitrogens with one attached hydrogen (secondary N) is 2. The molecule has 3 aliphatic rings. The first-order chi connectivity index (χ1) is 8.92. The molecule has 0 aliphatic carbocycles. The molecule has 0 saturated carbocycles. The van der Waals surface area contributed by atoms with Crippen LogP contribution in [0, 0.1) is 5.92 Å². The SMILES string of the molecule is C1CC(CN2CCC(N3CCNCC3)C2)CCN1. The van der Waals surface area contributed by atoms with E-state index in [-0.39, 0.29) is 0 Å². The molecule has 0 radical (unpaired) electrons. The fraction of sp³-hybridized carbons (Fsp3) is 1.00. The van der Waals surface area contributed by atoms with E-state index in [0.717, 1.165) is 12.0 Å². The molecule has 0 aromatic rings. The van der Waals surface area contributed by atoms with E-state index in [0.29, 0.717) is 0 Å². The van der Waals surface area contributed by atoms with Crippen molar-refractivity contribution in [1.82, 2.24) is 20.4 Å². The zero-order valence-electron chi connectivity index (χ0n) is 11.5. The van der Waals surface area contributed by atoms with Crippen LogP contribution in [0.2, 0.25) is 0 Å². The van der Waals surface area contributed by atoms with Gasteiger partial charge in [0.15, 0.2) is 0 Å². The maximum absolute atomic E-state index is 3.47. The predicted molar refractivity (Wildman–Crippen MR) is 74.9 cm³/mol. The Kier molecular flexibility index (Phi) is 4.52. The Hall–Kier alpha value is -0.160. The zero-order chi connectivity index (χ0) is 12.2. The number of hydrogen-bond acceptors (Lipinski definition) is 4. The van der Waals surface area contributed by atoms with Gasteiger partial charge in [-0.25, -0.2) is 0 Å². The number of hydrogen-bond donors (Lipinski definition) is 2. The van der Waals surface area contributed by atoms with E-state index in [1.54, 1.807) is 0 Å². The van der Waals surface area contributed by atoms with Crippen molar-refractivity contribution in [3.63, 3.8) is 0 Å². The lowest BCUT2D eigenvalue weighted by atomic mass is 9.98. The number of piperazine rings is 1. The largest absolute Gasteiger partial charge is 0.317 e. The Morgan fingerprint density at radius 1 is 0.833 bits per heavy atom. The molecule has 4 nitrogen and oxygen atoms in total. The molecule has 3 heterocycles. The molecular formula is C14H28N4. The third-order valence-electron chi connectivity index (χ3n) is 4.89. The van der Waals surface area contributed by atoms with Crippen molar-refractivity contribution in [2.45, 2.75) is 25.3 Å². The lowest BCUT2D eigenvalue weighted by Crippen LogP contribution is -2.49. The van der Waals surface area contributed by atoms with Gasteiger partial charge in [0.2, 0.25) is 0 Å². The molecule has 3 saturated heterocycles. The van der Waals surface area contributed by atoms with Crippen LogP contribution in [0.5, 0.6) is 0 Å². The van der Waals surface area contributed by atoms with Gasteiger partial charge in [-0.3, -0.25) is 4.90 Å². The van der Waals surface area contributed by atoms with Crippen LogP contribution >= 0.6 is 0 Å². The number of rotatable bonds is 3. The first-order valence-electron chi connectivity index (χ1n) is 7.79. The predicted octanol–water partition coefficient (Wildman–Crippen LogP) is -0.0345. The number of nitrogens with zero attached hydrogens (tertiary/aromatic N) is 2. The van der Waals surface area contributed by atoms with Gasteiger partial charge < -0.3 is 15.5 Å². The van der Waals surface area contributed by atoms with Crippen LogP contribution in [0.25, 0.3) is 0 Å². The van der Waals surface area contributed by atoms with Crippen molar-refractivity contribution in [3.05, 3.63) is 0 Å². The molecule has 0 amide bonds. The summed E-state index contributed by atoms with van der Waals surface area (Å²) in [5, 5.41) is 6.92. The van der Waals surface area contributed by atoms with Crippen molar-refractivity contribution < 1.29 is 0 Å². The van der Waals surface area contributed by atoms with Gasteiger partial charge >= 0.3 is 0 Å². The van der Waals surface area contributed by atoms with Gasteiger partial charge in [0.05, 0.1) is 0 Å². The molecule has 1 unspecified atom stereocenters. The highest BCUT2D eigenvalue weighted by Gasteiger charge is 2.29. The highest BCUT2D eigenvalue weighted by Crippen LogP contribution is 2.20. The fourth-order valence-electron chi connectivity index (χ4n) is 3.75. The molecule has 3 fully saturated rings. The van der Waals surface area contributed by atoms with Gasteiger partial charge in [-0.1, -0.05) is 0 Å². The van der Waals surface area contributed by atoms with Gasteiger partial charge in [-0.2, -0.15) is 0 Å². The summed E-state index contributed by atoms with van der Waals surface area (Å²) < 4.78 is 0. The maximum atomic E-state index is 3.47. The van der Waals surface area contributed by atoms with E-state index >= 15 is 0 Å². The zero-order valence-corrected chi connectivity index (χ0v) is 11.5. The highest BCUT2D eigenvalue weighted by molar-refractivity contribution is 4.86. The molecule has 3 rings (SSSR count). The van der Waals surface area contributed by atoms with Crippen molar-refractivity contribution in [2.75, 3.05) is 58.9 Å². The van der Waals surface area contributed by atoms with Gasteiger partial charge in [-0.15, -0.1) is 0 Å². The molecule has 0 spiro atoms. The minimum Gasteiger partial charge on any atom is -0.317 e. The molecule has 4 heteroatoms. The summed E-state index contributed by atoms with van der Waals surface area (Å²) in [5.74, 6) is 0.952. The molecule has 3 aliphatic heterocycles. The molecule has 2 N–H and O–H groups in total. The molecule has 18 heavy (non-hydrogen) atoms. The number of likely N-dealkylation sites (tertiary alicyclic amines) is 1. The smallest absolute Gasteiger partial charge is 0.0236 e. The normalized spacial score (nSPS) is 33.0. The minimum absolute atomic E-state index is 0.841. The summed E-state index contributed by atoms with van der Waals surface area (Å²) in [6, 6.07) is 0.841. The van der Waals surface area contributed by atoms with Crippen LogP contribution in [-0.4, -0.2) is 74.7 Å². The Morgan fingerprint density at radius 3 is 2.33 bits per heavy atom. The average molecular weight is 252 g/mol. The first kappa shape index (κ1) is 12.9. The Morgan fingerprint density at radius 2 is 1.56 bits per heavy atom. The quantitative estimate of drug-likeness (QED) is 0.738. The molecule has 0 aromatic carbocycles. The number of piperidine rings is 1. The Labute approximate surface area is 111 Å². The van der Waals surface area contributed by atoms with Crippen LogP contribution < -0.4 is 10.6 Å². The Bertz CT molecular complexity index is 246. The van der Waals surface area contributed by atoms with Crippen molar-refractivity contribution >= 4 is 0 Å². The van der Waals surface area contributed by atoms with Gasteiger partial charge in [-0.05, 0) is 44.8 Å². The second-order valence-electron chi connectivity index (χ2n) is 6.18. The van der Waals surface area contributed by atoms with E-state index in [9.17, 15) is 0 Å². The van der Waals surface area contributed by atoms with Gasteiger partial charge in [0, 0.05) is 45.3 Å². The van der Waals surface area contributed by atoms with Crippen molar-refractivity contribution in [2.24, 2.45) is 5.92 Å². The van der Waals surface area contributed by atoms with Gasteiger partial charge in [0.25, 0.3) is 0 Å². The topological polar surface area (TPSA) is 30.5 Å². The maximum Gasteiger partial charge on any atom is 0.0236 e. The summed E-state index contributed by atoms with van der Waals surface area (Å²) in [4.78, 5) is 5.43. The third kappa shape index (κ3) is 3.23. The third-order valence-corrected chi connectivity index (χ3v) is 4.89. The average Bonchev–Trinajstić information content (AvgIpc) is 2.89. The lowest BCUT2D eigenvalue weighted by Gasteiger charge is -2.33. The second kappa shape index (κ2) is 6.33. The molecule has 1 atom stereocenters. The van der Waals surface area contributed by atoms with E-state index in [1.165, 1.54) is 78.2 Å². The van der Waals surface area contributed by atoms with Crippen molar-refractivity contribution in [1.29, 1.82) is 0 Å². The monoisotopic (exact) mass is 252 g/mol. The first-order valence-corrected chi connectivity index (χ1v) is 7.79. The summed E-state index contributed by atoms with van der Waals surface area (Å²) in [6.45, 7) is 11.4. The summed E-state index contributed by atoms with van der Waals surface area (Å²) in [7, 11) is 0. The summed E-state index contributed by atoms with van der Waals surface area (Å²) in [5.41, 5.74) is 0. The molecule has 0 aromatic heterocycles. The summed E-state index contributed by atoms with van der Waals surface area (Å²) >= 11 is 0. The van der Waals surface area contributed by atoms with Crippen LogP contribution in [0.1, 0.15) is 19.3 Å². The van der Waals surface area contributed by atoms with Crippen molar-refractivity contribution in [3.8, 4) is 0 Å². The van der Waals surface area contributed by atoms with E-state index in [2.05, 4.69) is 20.4 Å². The van der Waals surface area contributed by atoms with Crippen LogP contribution in [0.3, 0.4) is 0 Å². The molecular weight excluding hydrogens is 224 g/mol. The summed E-state index contributed by atoms with van der Waals surface area (Å²) in [6.07, 6.45) is 4.16. The second-order valence-corrected chi connectivity index (χ2v) is 6.18. The van der Waals surface area contributed by atoms with E-state index in [1.807, 2.05) is 0 Å². The van der Waals surface area contributed by atoms with Crippen LogP contribution in [0.15, 0.2) is 0 Å².